The molecule has 1 unspecified atom stereocenters. The molecule has 1 aromatic carbocycles. The van der Waals surface area contributed by atoms with Gasteiger partial charge in [0.2, 0.25) is 0 Å². The fourth-order valence-electron chi connectivity index (χ4n) is 2.33. The summed E-state index contributed by atoms with van der Waals surface area (Å²) in [5.41, 5.74) is 0.0594. The molecule has 1 fully saturated rings. The molecule has 2 rings (SSSR count). The van der Waals surface area contributed by atoms with Gasteiger partial charge in [0, 0.05) is 37.4 Å². The summed E-state index contributed by atoms with van der Waals surface area (Å²) in [6, 6.07) is 4.64. The summed E-state index contributed by atoms with van der Waals surface area (Å²) in [7, 11) is 2.04. The third kappa shape index (κ3) is 2.72. The Morgan fingerprint density at radius 1 is 1.45 bits per heavy atom. The van der Waals surface area contributed by atoms with Crippen molar-refractivity contribution in [3.8, 4) is 0 Å². The fraction of sp³-hybridized carbons (Fsp3) is 0.462. The van der Waals surface area contributed by atoms with Gasteiger partial charge in [-0.2, -0.15) is 0 Å². The summed E-state index contributed by atoms with van der Waals surface area (Å²) in [5, 5.41) is 20.0. The van der Waals surface area contributed by atoms with Crippen molar-refractivity contribution < 1.29 is 14.8 Å². The molecule has 0 amide bonds. The predicted molar refractivity (Wildman–Crippen MR) is 74.4 cm³/mol. The van der Waals surface area contributed by atoms with E-state index in [0.29, 0.717) is 11.7 Å². The van der Waals surface area contributed by atoms with Crippen LogP contribution in [0.15, 0.2) is 18.2 Å². The molecule has 1 atom stereocenters. The van der Waals surface area contributed by atoms with Crippen LogP contribution >= 0.6 is 0 Å². The highest BCUT2D eigenvalue weighted by Gasteiger charge is 2.25. The molecule has 7 heteroatoms. The number of nitro groups is 1. The van der Waals surface area contributed by atoms with E-state index in [4.69, 9.17) is 5.11 Å². The van der Waals surface area contributed by atoms with Crippen LogP contribution < -0.4 is 4.90 Å². The lowest BCUT2D eigenvalue weighted by molar-refractivity contribution is -0.385. The lowest BCUT2D eigenvalue weighted by Crippen LogP contribution is -2.50. The maximum atomic E-state index is 11.0. The average Bonchev–Trinajstić information content (AvgIpc) is 2.41. The number of carbonyl (C=O) groups is 1. The van der Waals surface area contributed by atoms with Gasteiger partial charge in [0.15, 0.2) is 0 Å². The van der Waals surface area contributed by atoms with E-state index in [2.05, 4.69) is 11.8 Å². The van der Waals surface area contributed by atoms with Crippen molar-refractivity contribution in [2.75, 3.05) is 31.6 Å². The number of aromatic carboxylic acids is 1. The van der Waals surface area contributed by atoms with Gasteiger partial charge in [-0.3, -0.25) is 10.1 Å². The second-order valence-electron chi connectivity index (χ2n) is 5.04. The molecule has 0 bridgehead atoms. The predicted octanol–water partition coefficient (Wildman–Crippen LogP) is 1.43. The molecule has 1 saturated heterocycles. The Kier molecular flexibility index (Phi) is 3.89. The first-order chi connectivity index (χ1) is 9.40. The zero-order valence-electron chi connectivity index (χ0n) is 11.4. The highest BCUT2D eigenvalue weighted by atomic mass is 16.6. The number of carboxylic acid groups (broad SMARTS) is 1. The van der Waals surface area contributed by atoms with Gasteiger partial charge < -0.3 is 14.9 Å². The van der Waals surface area contributed by atoms with Crippen LogP contribution in [-0.2, 0) is 0 Å². The van der Waals surface area contributed by atoms with Gasteiger partial charge in [-0.05, 0) is 26.1 Å². The van der Waals surface area contributed by atoms with Gasteiger partial charge in [-0.25, -0.2) is 4.79 Å². The molecule has 1 aliphatic rings. The standard InChI is InChI=1S/C13H17N3O4/c1-9-8-15(6-5-14(9)2)10-3-4-11(13(17)18)12(7-10)16(19)20/h3-4,7,9H,5-6,8H2,1-2H3,(H,17,18). The van der Waals surface area contributed by atoms with Crippen LogP contribution in [0.4, 0.5) is 11.4 Å². The average molecular weight is 279 g/mol. The second kappa shape index (κ2) is 5.46. The maximum absolute atomic E-state index is 11.0. The lowest BCUT2D eigenvalue weighted by Gasteiger charge is -2.38. The molecule has 0 aliphatic carbocycles. The molecule has 0 saturated carbocycles. The minimum absolute atomic E-state index is 0.277. The van der Waals surface area contributed by atoms with Gasteiger partial charge >= 0.3 is 5.97 Å². The summed E-state index contributed by atoms with van der Waals surface area (Å²) >= 11 is 0. The molecule has 20 heavy (non-hydrogen) atoms. The SMILES string of the molecule is CC1CN(c2ccc(C(=O)O)c([N+](=O)[O-])c2)CCN1C. The van der Waals surface area contributed by atoms with Gasteiger partial charge in [0.25, 0.3) is 5.69 Å². The number of carboxylic acids is 1. The molecular formula is C13H17N3O4. The largest absolute Gasteiger partial charge is 0.477 e. The van der Waals surface area contributed by atoms with Crippen LogP contribution in [0.3, 0.4) is 0 Å². The Balaban J connectivity index is 2.32. The van der Waals surface area contributed by atoms with E-state index >= 15 is 0 Å². The van der Waals surface area contributed by atoms with E-state index in [0.717, 1.165) is 19.6 Å². The van der Waals surface area contributed by atoms with Crippen molar-refractivity contribution in [2.24, 2.45) is 0 Å². The molecule has 0 radical (unpaired) electrons. The number of anilines is 1. The fourth-order valence-corrected chi connectivity index (χ4v) is 2.33. The highest BCUT2D eigenvalue weighted by molar-refractivity contribution is 5.93. The summed E-state index contributed by atoms with van der Waals surface area (Å²) in [6.07, 6.45) is 0. The Hall–Kier alpha value is -2.15. The Morgan fingerprint density at radius 3 is 2.70 bits per heavy atom. The third-order valence-electron chi connectivity index (χ3n) is 3.73. The van der Waals surface area contributed by atoms with Crippen molar-refractivity contribution in [3.05, 3.63) is 33.9 Å². The van der Waals surface area contributed by atoms with E-state index in [1.54, 1.807) is 6.07 Å². The summed E-state index contributed by atoms with van der Waals surface area (Å²) in [4.78, 5) is 25.6. The van der Waals surface area contributed by atoms with E-state index < -0.39 is 10.9 Å². The number of nitrogens with zero attached hydrogens (tertiary/aromatic N) is 3. The van der Waals surface area contributed by atoms with E-state index in [1.807, 2.05) is 11.9 Å². The third-order valence-corrected chi connectivity index (χ3v) is 3.73. The van der Waals surface area contributed by atoms with Gasteiger partial charge in [0.1, 0.15) is 5.56 Å². The molecule has 7 nitrogen and oxygen atoms in total. The molecule has 1 heterocycles. The molecule has 1 aliphatic heterocycles. The monoisotopic (exact) mass is 279 g/mol. The Labute approximate surface area is 116 Å². The van der Waals surface area contributed by atoms with Crippen molar-refractivity contribution in [1.82, 2.24) is 4.90 Å². The highest BCUT2D eigenvalue weighted by Crippen LogP contribution is 2.27. The maximum Gasteiger partial charge on any atom is 0.342 e. The van der Waals surface area contributed by atoms with Crippen LogP contribution in [-0.4, -0.2) is 53.6 Å². The van der Waals surface area contributed by atoms with Crippen LogP contribution in [0.25, 0.3) is 0 Å². The minimum atomic E-state index is -1.28. The quantitative estimate of drug-likeness (QED) is 0.665. The number of hydrogen-bond donors (Lipinski definition) is 1. The number of piperazine rings is 1. The van der Waals surface area contributed by atoms with E-state index in [1.165, 1.54) is 12.1 Å². The molecule has 1 N–H and O–H groups in total. The van der Waals surface area contributed by atoms with Gasteiger partial charge in [0.05, 0.1) is 4.92 Å². The van der Waals surface area contributed by atoms with Crippen molar-refractivity contribution in [2.45, 2.75) is 13.0 Å². The zero-order chi connectivity index (χ0) is 14.9. The summed E-state index contributed by atoms with van der Waals surface area (Å²) in [6.45, 7) is 4.49. The van der Waals surface area contributed by atoms with Crippen LogP contribution in [0.5, 0.6) is 0 Å². The van der Waals surface area contributed by atoms with Gasteiger partial charge in [-0.15, -0.1) is 0 Å². The van der Waals surface area contributed by atoms with Crippen LogP contribution in [0, 0.1) is 10.1 Å². The zero-order valence-corrected chi connectivity index (χ0v) is 11.4. The molecule has 0 spiro atoms. The summed E-state index contributed by atoms with van der Waals surface area (Å²) < 4.78 is 0. The number of nitro benzene ring substituents is 1. The summed E-state index contributed by atoms with van der Waals surface area (Å²) in [5.74, 6) is -1.28. The van der Waals surface area contributed by atoms with Crippen molar-refractivity contribution >= 4 is 17.3 Å². The lowest BCUT2D eigenvalue weighted by atomic mass is 10.1. The molecule has 108 valence electrons. The molecule has 1 aromatic rings. The van der Waals surface area contributed by atoms with Crippen molar-refractivity contribution in [1.29, 1.82) is 0 Å². The minimum Gasteiger partial charge on any atom is -0.477 e. The molecule has 0 aromatic heterocycles. The van der Waals surface area contributed by atoms with Crippen molar-refractivity contribution in [3.63, 3.8) is 0 Å². The number of likely N-dealkylation sites (N-methyl/N-ethyl adjacent to an activating group) is 1. The Morgan fingerprint density at radius 2 is 2.15 bits per heavy atom. The normalized spacial score (nSPS) is 19.9. The first-order valence-electron chi connectivity index (χ1n) is 6.37. The number of benzene rings is 1. The second-order valence-corrected chi connectivity index (χ2v) is 5.04. The van der Waals surface area contributed by atoms with Gasteiger partial charge in [-0.1, -0.05) is 0 Å². The number of rotatable bonds is 3. The van der Waals surface area contributed by atoms with E-state index in [-0.39, 0.29) is 11.3 Å². The van der Waals surface area contributed by atoms with E-state index in [9.17, 15) is 14.9 Å². The first kappa shape index (κ1) is 14.3. The molecular weight excluding hydrogens is 262 g/mol. The number of hydrogen-bond acceptors (Lipinski definition) is 5. The first-order valence-corrected chi connectivity index (χ1v) is 6.37. The van der Waals surface area contributed by atoms with Crippen LogP contribution in [0.1, 0.15) is 17.3 Å². The van der Waals surface area contributed by atoms with Crippen LogP contribution in [0.2, 0.25) is 0 Å². The topological polar surface area (TPSA) is 86.9 Å². The Bertz CT molecular complexity index is 546. The smallest absolute Gasteiger partial charge is 0.342 e.